The zero-order valence-electron chi connectivity index (χ0n) is 18.3. The predicted octanol–water partition coefficient (Wildman–Crippen LogP) is 6.19. The van der Waals surface area contributed by atoms with Gasteiger partial charge in [0.05, 0.1) is 34.7 Å². The van der Waals surface area contributed by atoms with E-state index in [0.717, 1.165) is 10.5 Å². The van der Waals surface area contributed by atoms with Crippen LogP contribution >= 0.6 is 39.3 Å². The Morgan fingerprint density at radius 2 is 1.97 bits per heavy atom. The van der Waals surface area contributed by atoms with Crippen molar-refractivity contribution in [1.29, 1.82) is 5.26 Å². The Hall–Kier alpha value is -2.99. The molecule has 3 aromatic rings. The van der Waals surface area contributed by atoms with Gasteiger partial charge in [0, 0.05) is 15.5 Å². The average molecular weight is 559 g/mol. The molecular weight excluding hydrogens is 538 g/mol. The van der Waals surface area contributed by atoms with Crippen molar-refractivity contribution < 1.29 is 14.3 Å². The Balaban J connectivity index is 1.63. The fraction of sp³-hybridized carbons (Fsp3) is 0.160. The quantitative estimate of drug-likeness (QED) is 0.182. The third-order valence-corrected chi connectivity index (χ3v) is 6.28. The molecule has 9 heteroatoms. The molecule has 1 N–H and O–H groups in total. The molecule has 0 aromatic heterocycles. The Labute approximate surface area is 216 Å². The predicted molar refractivity (Wildman–Crippen MR) is 139 cm³/mol. The first-order valence-corrected chi connectivity index (χ1v) is 12.4. The SMILES string of the molecule is CCOc1cc(/C=N\NC(=O)CSc2ccc(Cl)cc2)cc(Br)c1OCc1ccccc1C#N. The number of halogens is 2. The number of carbonyl (C=O) groups excluding carboxylic acids is 1. The van der Waals surface area contributed by atoms with Gasteiger partial charge in [-0.15, -0.1) is 11.8 Å². The summed E-state index contributed by atoms with van der Waals surface area (Å²) in [5, 5.41) is 14.0. The Bertz CT molecular complexity index is 1210. The molecule has 0 saturated heterocycles. The first kappa shape index (κ1) is 25.6. The van der Waals surface area contributed by atoms with Crippen molar-refractivity contribution in [2.75, 3.05) is 12.4 Å². The molecule has 0 heterocycles. The molecule has 0 saturated carbocycles. The van der Waals surface area contributed by atoms with Crippen molar-refractivity contribution in [3.8, 4) is 17.6 Å². The number of hydrazone groups is 1. The minimum atomic E-state index is -0.226. The van der Waals surface area contributed by atoms with E-state index in [1.54, 1.807) is 24.3 Å². The third kappa shape index (κ3) is 7.52. The maximum Gasteiger partial charge on any atom is 0.250 e. The monoisotopic (exact) mass is 557 g/mol. The van der Waals surface area contributed by atoms with Gasteiger partial charge in [0.2, 0.25) is 5.91 Å². The number of benzene rings is 3. The van der Waals surface area contributed by atoms with Crippen LogP contribution in [0.1, 0.15) is 23.6 Å². The molecule has 6 nitrogen and oxygen atoms in total. The van der Waals surface area contributed by atoms with Gasteiger partial charge in [-0.05, 0) is 70.9 Å². The van der Waals surface area contributed by atoms with Crippen molar-refractivity contribution in [2.24, 2.45) is 5.10 Å². The molecule has 174 valence electrons. The van der Waals surface area contributed by atoms with Crippen LogP contribution in [0.4, 0.5) is 0 Å². The van der Waals surface area contributed by atoms with E-state index in [1.807, 2.05) is 43.3 Å². The molecule has 0 radical (unpaired) electrons. The fourth-order valence-electron chi connectivity index (χ4n) is 2.86. The van der Waals surface area contributed by atoms with Gasteiger partial charge in [0.1, 0.15) is 6.61 Å². The number of hydrogen-bond donors (Lipinski definition) is 1. The number of nitrogens with zero attached hydrogens (tertiary/aromatic N) is 2. The second-order valence-electron chi connectivity index (χ2n) is 6.86. The van der Waals surface area contributed by atoms with E-state index in [1.165, 1.54) is 18.0 Å². The minimum Gasteiger partial charge on any atom is -0.490 e. The number of rotatable bonds is 10. The highest BCUT2D eigenvalue weighted by Gasteiger charge is 2.13. The maximum atomic E-state index is 12.1. The Morgan fingerprint density at radius 1 is 1.21 bits per heavy atom. The van der Waals surface area contributed by atoms with Crippen molar-refractivity contribution in [3.63, 3.8) is 0 Å². The van der Waals surface area contributed by atoms with Gasteiger partial charge in [0.25, 0.3) is 0 Å². The fourth-order valence-corrected chi connectivity index (χ4v) is 4.25. The smallest absolute Gasteiger partial charge is 0.250 e. The van der Waals surface area contributed by atoms with Crippen LogP contribution in [-0.2, 0) is 11.4 Å². The molecular formula is C25H21BrClN3O3S. The summed E-state index contributed by atoms with van der Waals surface area (Å²) >= 11 is 10.8. The first-order chi connectivity index (χ1) is 16.5. The van der Waals surface area contributed by atoms with Crippen molar-refractivity contribution in [3.05, 3.63) is 86.8 Å². The standard InChI is InChI=1S/C25H21BrClN3O3S/c1-2-32-23-12-17(14-29-30-24(31)16-34-21-9-7-20(27)8-10-21)11-22(26)25(23)33-15-19-6-4-3-5-18(19)13-28/h3-12,14H,2,15-16H2,1H3,(H,30,31)/b29-14-. The van der Waals surface area contributed by atoms with E-state index in [0.29, 0.717) is 38.7 Å². The van der Waals surface area contributed by atoms with Crippen LogP contribution < -0.4 is 14.9 Å². The lowest BCUT2D eigenvalue weighted by atomic mass is 10.1. The third-order valence-electron chi connectivity index (χ3n) is 4.43. The number of carbonyl (C=O) groups is 1. The zero-order chi connectivity index (χ0) is 24.3. The first-order valence-electron chi connectivity index (χ1n) is 10.3. The van der Waals surface area contributed by atoms with Crippen LogP contribution in [0.2, 0.25) is 5.02 Å². The van der Waals surface area contributed by atoms with Crippen LogP contribution in [0, 0.1) is 11.3 Å². The van der Waals surface area contributed by atoms with Crippen molar-refractivity contribution in [2.45, 2.75) is 18.4 Å². The number of ether oxygens (including phenoxy) is 2. The normalized spacial score (nSPS) is 10.6. The van der Waals surface area contributed by atoms with E-state index in [9.17, 15) is 10.1 Å². The largest absolute Gasteiger partial charge is 0.490 e. The summed E-state index contributed by atoms with van der Waals surface area (Å²) in [4.78, 5) is 13.0. The molecule has 0 atom stereocenters. The summed E-state index contributed by atoms with van der Waals surface area (Å²) in [6.45, 7) is 2.54. The number of nitriles is 1. The lowest BCUT2D eigenvalue weighted by molar-refractivity contribution is -0.118. The molecule has 0 unspecified atom stereocenters. The van der Waals surface area contributed by atoms with E-state index >= 15 is 0 Å². The molecule has 0 spiro atoms. The van der Waals surface area contributed by atoms with Crippen molar-refractivity contribution >= 4 is 51.4 Å². The molecule has 0 bridgehead atoms. The van der Waals surface area contributed by atoms with Gasteiger partial charge < -0.3 is 9.47 Å². The Morgan fingerprint density at radius 3 is 2.71 bits per heavy atom. The van der Waals surface area contributed by atoms with Crippen LogP contribution in [0.5, 0.6) is 11.5 Å². The van der Waals surface area contributed by atoms with Crippen LogP contribution in [0.3, 0.4) is 0 Å². The van der Waals surface area contributed by atoms with E-state index in [2.05, 4.69) is 32.5 Å². The summed E-state index contributed by atoms with van der Waals surface area (Å²) in [7, 11) is 0. The minimum absolute atomic E-state index is 0.219. The second-order valence-corrected chi connectivity index (χ2v) is 9.20. The number of amides is 1. The highest BCUT2D eigenvalue weighted by atomic mass is 79.9. The van der Waals surface area contributed by atoms with E-state index in [-0.39, 0.29) is 18.3 Å². The molecule has 0 aliphatic heterocycles. The van der Waals surface area contributed by atoms with Crippen molar-refractivity contribution in [1.82, 2.24) is 5.43 Å². The van der Waals surface area contributed by atoms with Crippen LogP contribution in [0.15, 0.2) is 75.1 Å². The second kappa shape index (κ2) is 13.0. The molecule has 34 heavy (non-hydrogen) atoms. The summed E-state index contributed by atoms with van der Waals surface area (Å²) in [6, 6.07) is 20.3. The average Bonchev–Trinajstić information content (AvgIpc) is 2.83. The van der Waals surface area contributed by atoms with Crippen LogP contribution in [0.25, 0.3) is 0 Å². The molecule has 0 aliphatic rings. The lowest BCUT2D eigenvalue weighted by Gasteiger charge is -2.15. The highest BCUT2D eigenvalue weighted by Crippen LogP contribution is 2.37. The number of hydrogen-bond acceptors (Lipinski definition) is 6. The summed E-state index contributed by atoms with van der Waals surface area (Å²) in [6.07, 6.45) is 1.53. The van der Waals surface area contributed by atoms with Crippen LogP contribution in [-0.4, -0.2) is 24.5 Å². The Kier molecular flexibility index (Phi) is 9.83. The van der Waals surface area contributed by atoms with Gasteiger partial charge in [-0.25, -0.2) is 5.43 Å². The highest BCUT2D eigenvalue weighted by molar-refractivity contribution is 9.10. The molecule has 0 aliphatic carbocycles. The van der Waals surface area contributed by atoms with Gasteiger partial charge in [-0.2, -0.15) is 10.4 Å². The van der Waals surface area contributed by atoms with Gasteiger partial charge in [-0.3, -0.25) is 4.79 Å². The maximum absolute atomic E-state index is 12.1. The number of nitrogens with one attached hydrogen (secondary N) is 1. The lowest BCUT2D eigenvalue weighted by Crippen LogP contribution is -2.19. The number of thioether (sulfide) groups is 1. The molecule has 0 fully saturated rings. The summed E-state index contributed by atoms with van der Waals surface area (Å²) in [5.74, 6) is 1.05. The summed E-state index contributed by atoms with van der Waals surface area (Å²) in [5.41, 5.74) is 4.58. The molecule has 3 aromatic carbocycles. The van der Waals surface area contributed by atoms with Gasteiger partial charge in [0.15, 0.2) is 11.5 Å². The van der Waals surface area contributed by atoms with E-state index < -0.39 is 0 Å². The zero-order valence-corrected chi connectivity index (χ0v) is 21.4. The van der Waals surface area contributed by atoms with Gasteiger partial charge in [-0.1, -0.05) is 29.8 Å². The summed E-state index contributed by atoms with van der Waals surface area (Å²) < 4.78 is 12.4. The van der Waals surface area contributed by atoms with E-state index in [4.69, 9.17) is 21.1 Å². The molecule has 1 amide bonds. The van der Waals surface area contributed by atoms with Gasteiger partial charge >= 0.3 is 0 Å². The molecule has 3 rings (SSSR count). The topological polar surface area (TPSA) is 83.7 Å².